The molecule has 2 N–H and O–H groups in total. The lowest BCUT2D eigenvalue weighted by molar-refractivity contribution is -0.114. The Kier molecular flexibility index (Phi) is 3.93. The molecule has 0 spiro atoms. The van der Waals surface area contributed by atoms with Crippen LogP contribution in [0.1, 0.15) is 18.1 Å². The summed E-state index contributed by atoms with van der Waals surface area (Å²) >= 11 is 0. The maximum Gasteiger partial charge on any atom is 0.256 e. The number of anilines is 1. The number of hydrogen-bond acceptors (Lipinski definition) is 2. The van der Waals surface area contributed by atoms with E-state index in [1.54, 1.807) is 18.2 Å². The highest BCUT2D eigenvalue weighted by Crippen LogP contribution is 2.06. The van der Waals surface area contributed by atoms with Crippen molar-refractivity contribution in [3.05, 3.63) is 63.9 Å². The number of rotatable bonds is 3. The second-order valence-corrected chi connectivity index (χ2v) is 4.08. The Bertz CT molecular complexity index is 657. The number of pyridine rings is 1. The largest absolute Gasteiger partial charge is 0.312 e. The van der Waals surface area contributed by atoms with Gasteiger partial charge in [0.25, 0.3) is 5.56 Å². The fourth-order valence-electron chi connectivity index (χ4n) is 1.63. The number of aromatic amines is 1. The van der Waals surface area contributed by atoms with Crippen LogP contribution in [0.2, 0.25) is 0 Å². The minimum atomic E-state index is -0.238. The maximum absolute atomic E-state index is 11.8. The highest BCUT2D eigenvalue weighted by Gasteiger charge is 1.99. The summed E-state index contributed by atoms with van der Waals surface area (Å²) < 4.78 is 0. The van der Waals surface area contributed by atoms with E-state index in [0.717, 1.165) is 5.56 Å². The van der Waals surface area contributed by atoms with Gasteiger partial charge in [-0.1, -0.05) is 36.4 Å². The van der Waals surface area contributed by atoms with E-state index in [1.165, 1.54) is 6.92 Å². The van der Waals surface area contributed by atoms with Gasteiger partial charge in [-0.2, -0.15) is 0 Å². The molecule has 1 aromatic carbocycles. The predicted molar refractivity (Wildman–Crippen MR) is 76.7 cm³/mol. The minimum absolute atomic E-state index is 0.219. The van der Waals surface area contributed by atoms with Crippen LogP contribution in [0, 0.1) is 0 Å². The van der Waals surface area contributed by atoms with Gasteiger partial charge in [0, 0.05) is 12.5 Å². The van der Waals surface area contributed by atoms with Crippen molar-refractivity contribution in [2.24, 2.45) is 0 Å². The van der Waals surface area contributed by atoms with Gasteiger partial charge in [0.1, 0.15) is 5.82 Å². The summed E-state index contributed by atoms with van der Waals surface area (Å²) in [6.07, 6.45) is 3.61. The zero-order chi connectivity index (χ0) is 13.7. The average molecular weight is 254 g/mol. The van der Waals surface area contributed by atoms with Crippen molar-refractivity contribution in [1.29, 1.82) is 0 Å². The smallest absolute Gasteiger partial charge is 0.256 e. The molecular formula is C15H14N2O2. The van der Waals surface area contributed by atoms with E-state index in [1.807, 2.05) is 36.4 Å². The molecule has 0 aliphatic heterocycles. The molecule has 0 atom stereocenters. The summed E-state index contributed by atoms with van der Waals surface area (Å²) in [4.78, 5) is 25.3. The molecule has 2 aromatic rings. The average Bonchev–Trinajstić information content (AvgIpc) is 2.38. The Morgan fingerprint density at radius 3 is 2.47 bits per heavy atom. The molecule has 1 heterocycles. The van der Waals surface area contributed by atoms with Gasteiger partial charge in [-0.15, -0.1) is 0 Å². The third kappa shape index (κ3) is 3.67. The van der Waals surface area contributed by atoms with Gasteiger partial charge in [-0.25, -0.2) is 0 Å². The van der Waals surface area contributed by atoms with E-state index in [4.69, 9.17) is 0 Å². The third-order valence-corrected chi connectivity index (χ3v) is 2.51. The quantitative estimate of drug-likeness (QED) is 0.884. The van der Waals surface area contributed by atoms with Crippen molar-refractivity contribution in [2.45, 2.75) is 6.92 Å². The van der Waals surface area contributed by atoms with Crippen molar-refractivity contribution in [1.82, 2.24) is 4.98 Å². The number of amides is 1. The lowest BCUT2D eigenvalue weighted by Gasteiger charge is -2.01. The molecule has 4 heteroatoms. The van der Waals surface area contributed by atoms with E-state index in [-0.39, 0.29) is 11.5 Å². The van der Waals surface area contributed by atoms with Crippen molar-refractivity contribution in [3.8, 4) is 0 Å². The van der Waals surface area contributed by atoms with Crippen molar-refractivity contribution in [3.63, 3.8) is 0 Å². The third-order valence-electron chi connectivity index (χ3n) is 2.51. The van der Waals surface area contributed by atoms with Gasteiger partial charge in [-0.05, 0) is 23.8 Å². The van der Waals surface area contributed by atoms with Gasteiger partial charge in [-0.3, -0.25) is 9.59 Å². The number of benzene rings is 1. The number of carbonyl (C=O) groups is 1. The lowest BCUT2D eigenvalue weighted by Crippen LogP contribution is -2.15. The van der Waals surface area contributed by atoms with Gasteiger partial charge in [0.05, 0.1) is 0 Å². The number of hydrogen-bond donors (Lipinski definition) is 2. The number of aromatic nitrogens is 1. The Morgan fingerprint density at radius 2 is 1.84 bits per heavy atom. The molecule has 0 fully saturated rings. The van der Waals surface area contributed by atoms with Gasteiger partial charge >= 0.3 is 0 Å². The SMILES string of the molecule is CC(=O)Nc1ccc(/C=C/c2ccccc2)c(=O)[nH]1. The first-order chi connectivity index (χ1) is 9.15. The fraction of sp³-hybridized carbons (Fsp3) is 0.0667. The molecule has 1 aromatic heterocycles. The molecule has 1 amide bonds. The Labute approximate surface area is 110 Å². The van der Waals surface area contributed by atoms with Gasteiger partial charge < -0.3 is 10.3 Å². The van der Waals surface area contributed by atoms with Crippen LogP contribution in [-0.2, 0) is 4.79 Å². The normalized spacial score (nSPS) is 10.6. The molecule has 0 saturated heterocycles. The van der Waals surface area contributed by atoms with Crippen molar-refractivity contribution in [2.75, 3.05) is 5.32 Å². The summed E-state index contributed by atoms with van der Waals surface area (Å²) in [5.74, 6) is 0.178. The second kappa shape index (κ2) is 5.82. The topological polar surface area (TPSA) is 62.0 Å². The summed E-state index contributed by atoms with van der Waals surface area (Å²) in [5.41, 5.74) is 1.32. The van der Waals surface area contributed by atoms with Crippen LogP contribution in [0.3, 0.4) is 0 Å². The van der Waals surface area contributed by atoms with E-state index >= 15 is 0 Å². The van der Waals surface area contributed by atoms with E-state index < -0.39 is 0 Å². The molecule has 19 heavy (non-hydrogen) atoms. The van der Waals surface area contributed by atoms with Crippen LogP contribution in [0.25, 0.3) is 12.2 Å². The van der Waals surface area contributed by atoms with Crippen molar-refractivity contribution < 1.29 is 4.79 Å². The summed E-state index contributed by atoms with van der Waals surface area (Å²) in [5, 5.41) is 2.53. The Balaban J connectivity index is 2.20. The highest BCUT2D eigenvalue weighted by molar-refractivity contribution is 5.87. The molecule has 2 rings (SSSR count). The Hall–Kier alpha value is -2.62. The number of carbonyl (C=O) groups excluding carboxylic acids is 1. The lowest BCUT2D eigenvalue weighted by atomic mass is 10.1. The van der Waals surface area contributed by atoms with Crippen molar-refractivity contribution >= 4 is 23.9 Å². The summed E-state index contributed by atoms with van der Waals surface area (Å²) in [6.45, 7) is 1.39. The zero-order valence-corrected chi connectivity index (χ0v) is 10.5. The second-order valence-electron chi connectivity index (χ2n) is 4.08. The van der Waals surface area contributed by atoms with Crippen LogP contribution < -0.4 is 10.9 Å². The molecular weight excluding hydrogens is 240 g/mol. The molecule has 96 valence electrons. The monoisotopic (exact) mass is 254 g/mol. The molecule has 4 nitrogen and oxygen atoms in total. The first-order valence-electron chi connectivity index (χ1n) is 5.89. The summed E-state index contributed by atoms with van der Waals surface area (Å²) in [6, 6.07) is 13.0. The maximum atomic E-state index is 11.8. The Morgan fingerprint density at radius 1 is 1.11 bits per heavy atom. The number of H-pyrrole nitrogens is 1. The van der Waals surface area contributed by atoms with Crippen LogP contribution in [0.5, 0.6) is 0 Å². The van der Waals surface area contributed by atoms with Gasteiger partial charge in [0.2, 0.25) is 5.91 Å². The predicted octanol–water partition coefficient (Wildman–Crippen LogP) is 2.50. The van der Waals surface area contributed by atoms with E-state index in [9.17, 15) is 9.59 Å². The van der Waals surface area contributed by atoms with E-state index in [0.29, 0.717) is 11.4 Å². The van der Waals surface area contributed by atoms with Crippen LogP contribution >= 0.6 is 0 Å². The molecule has 0 saturated carbocycles. The van der Waals surface area contributed by atoms with Gasteiger partial charge in [0.15, 0.2) is 0 Å². The first kappa shape index (κ1) is 12.8. The molecule has 0 aliphatic carbocycles. The highest BCUT2D eigenvalue weighted by atomic mass is 16.1. The van der Waals surface area contributed by atoms with Crippen LogP contribution in [0.4, 0.5) is 5.82 Å². The first-order valence-corrected chi connectivity index (χ1v) is 5.89. The van der Waals surface area contributed by atoms with E-state index in [2.05, 4.69) is 10.3 Å². The minimum Gasteiger partial charge on any atom is -0.312 e. The fourth-order valence-corrected chi connectivity index (χ4v) is 1.63. The van der Waals surface area contributed by atoms with Crippen LogP contribution in [-0.4, -0.2) is 10.9 Å². The number of nitrogens with one attached hydrogen (secondary N) is 2. The van der Waals surface area contributed by atoms with Crippen LogP contribution in [0.15, 0.2) is 47.3 Å². The standard InChI is InChI=1S/C15H14N2O2/c1-11(18)16-14-10-9-13(15(19)17-14)8-7-12-5-3-2-4-6-12/h2-10H,1H3,(H2,16,17,18,19)/b8-7+. The molecule has 0 unspecified atom stereocenters. The molecule has 0 radical (unpaired) electrons. The summed E-state index contributed by atoms with van der Waals surface area (Å²) in [7, 11) is 0. The molecule has 0 bridgehead atoms. The molecule has 0 aliphatic rings. The zero-order valence-electron chi connectivity index (χ0n) is 10.5.